The third-order valence-electron chi connectivity index (χ3n) is 3.46. The zero-order valence-corrected chi connectivity index (χ0v) is 14.5. The molecule has 2 N–H and O–H groups in total. The highest BCUT2D eigenvalue weighted by molar-refractivity contribution is 6.40. The number of anilines is 2. The summed E-state index contributed by atoms with van der Waals surface area (Å²) in [6.07, 6.45) is 5.21. The Morgan fingerprint density at radius 2 is 1.83 bits per heavy atom. The van der Waals surface area contributed by atoms with Gasteiger partial charge in [0.2, 0.25) is 0 Å². The molecule has 124 valence electrons. The smallest absolute Gasteiger partial charge is 0.199 e. The first-order chi connectivity index (χ1) is 11.7. The molecular weight excluding hydrogens is 347 g/mol. The Labute approximate surface area is 150 Å². The summed E-state index contributed by atoms with van der Waals surface area (Å²) >= 11 is 12.8. The first-order valence-electron chi connectivity index (χ1n) is 7.44. The van der Waals surface area contributed by atoms with Crippen molar-refractivity contribution >= 4 is 46.8 Å². The van der Waals surface area contributed by atoms with E-state index in [-0.39, 0.29) is 0 Å². The summed E-state index contributed by atoms with van der Waals surface area (Å²) < 4.78 is 0. The van der Waals surface area contributed by atoms with Crippen LogP contribution in [0.1, 0.15) is 13.3 Å². The van der Waals surface area contributed by atoms with Crippen molar-refractivity contribution in [3.05, 3.63) is 52.8 Å². The molecule has 1 aromatic carbocycles. The van der Waals surface area contributed by atoms with Crippen LogP contribution in [0, 0.1) is 0 Å². The number of aromatic nitrogens is 1. The van der Waals surface area contributed by atoms with E-state index >= 15 is 0 Å². The van der Waals surface area contributed by atoms with E-state index in [1.54, 1.807) is 24.5 Å². The van der Waals surface area contributed by atoms with Crippen molar-refractivity contribution in [1.29, 1.82) is 0 Å². The molecule has 1 aromatic heterocycles. The standard InChI is InChI=1S/C16H16Cl2N6/c1-2-14-20-10-21-16(23-22-11-6-8-19-9-7-11)24(14)15-12(17)4-3-5-13(15)18/h3-10,16,23H,2H2,1H3,(H,19,22). The summed E-state index contributed by atoms with van der Waals surface area (Å²) in [4.78, 5) is 14.6. The zero-order valence-electron chi connectivity index (χ0n) is 12.9. The predicted octanol–water partition coefficient (Wildman–Crippen LogP) is 3.95. The highest BCUT2D eigenvalue weighted by Gasteiger charge is 2.27. The van der Waals surface area contributed by atoms with Gasteiger partial charge in [0.1, 0.15) is 12.2 Å². The molecule has 8 heteroatoms. The van der Waals surface area contributed by atoms with E-state index in [4.69, 9.17) is 23.2 Å². The maximum Gasteiger partial charge on any atom is 0.199 e. The lowest BCUT2D eigenvalue weighted by Gasteiger charge is -2.35. The first kappa shape index (κ1) is 16.7. The molecule has 0 amide bonds. The zero-order chi connectivity index (χ0) is 16.9. The van der Waals surface area contributed by atoms with Crippen LogP contribution in [0.4, 0.5) is 11.4 Å². The third-order valence-corrected chi connectivity index (χ3v) is 4.07. The van der Waals surface area contributed by atoms with E-state index in [1.165, 1.54) is 6.34 Å². The SMILES string of the molecule is CCC1=NC=NC(NNc2ccncc2)N1c1c(Cl)cccc1Cl. The lowest BCUT2D eigenvalue weighted by molar-refractivity contribution is 0.592. The van der Waals surface area contributed by atoms with Crippen LogP contribution in [0.15, 0.2) is 52.7 Å². The molecule has 0 bridgehead atoms. The number of pyridine rings is 1. The first-order valence-corrected chi connectivity index (χ1v) is 8.19. The van der Waals surface area contributed by atoms with Gasteiger partial charge in [-0.3, -0.25) is 9.88 Å². The van der Waals surface area contributed by atoms with Gasteiger partial charge in [0.25, 0.3) is 0 Å². The number of benzene rings is 1. The van der Waals surface area contributed by atoms with Gasteiger partial charge < -0.3 is 5.43 Å². The van der Waals surface area contributed by atoms with E-state index in [9.17, 15) is 0 Å². The van der Waals surface area contributed by atoms with Crippen LogP contribution in [0.3, 0.4) is 0 Å². The lowest BCUT2D eigenvalue weighted by atomic mass is 10.2. The molecule has 0 aliphatic carbocycles. The number of hydrogen-bond acceptors (Lipinski definition) is 6. The number of nitrogens with one attached hydrogen (secondary N) is 2. The van der Waals surface area contributed by atoms with Crippen molar-refractivity contribution in [2.24, 2.45) is 9.98 Å². The summed E-state index contributed by atoms with van der Waals surface area (Å²) in [5.74, 6) is 0.814. The van der Waals surface area contributed by atoms with Crippen LogP contribution in [0.25, 0.3) is 0 Å². The molecule has 0 saturated heterocycles. The van der Waals surface area contributed by atoms with Crippen molar-refractivity contribution in [3.63, 3.8) is 0 Å². The summed E-state index contributed by atoms with van der Waals surface area (Å²) in [6, 6.07) is 9.09. The minimum atomic E-state index is -0.442. The molecule has 2 heterocycles. The number of nitrogens with zero attached hydrogens (tertiary/aromatic N) is 4. The van der Waals surface area contributed by atoms with E-state index in [1.807, 2.05) is 30.0 Å². The van der Waals surface area contributed by atoms with Crippen molar-refractivity contribution in [2.75, 3.05) is 10.3 Å². The monoisotopic (exact) mass is 362 g/mol. The number of amidine groups is 1. The van der Waals surface area contributed by atoms with Gasteiger partial charge in [0.15, 0.2) is 6.29 Å². The second kappa shape index (κ2) is 7.61. The maximum atomic E-state index is 6.38. The highest BCUT2D eigenvalue weighted by atomic mass is 35.5. The Bertz CT molecular complexity index is 742. The van der Waals surface area contributed by atoms with Gasteiger partial charge in [-0.15, -0.1) is 0 Å². The number of hydrogen-bond donors (Lipinski definition) is 2. The summed E-state index contributed by atoms with van der Waals surface area (Å²) in [7, 11) is 0. The van der Waals surface area contributed by atoms with Gasteiger partial charge in [-0.2, -0.15) is 5.43 Å². The average molecular weight is 363 g/mol. The number of rotatable bonds is 5. The average Bonchev–Trinajstić information content (AvgIpc) is 2.61. The fourth-order valence-electron chi connectivity index (χ4n) is 2.35. The molecule has 24 heavy (non-hydrogen) atoms. The molecule has 0 spiro atoms. The van der Waals surface area contributed by atoms with Crippen LogP contribution in [0.2, 0.25) is 10.0 Å². The Kier molecular flexibility index (Phi) is 5.30. The molecule has 0 fully saturated rings. The number of para-hydroxylation sites is 1. The molecular formula is C16H16Cl2N6. The van der Waals surface area contributed by atoms with Gasteiger partial charge in [0, 0.05) is 18.8 Å². The molecule has 0 saturated carbocycles. The van der Waals surface area contributed by atoms with Gasteiger partial charge >= 0.3 is 0 Å². The van der Waals surface area contributed by atoms with Crippen LogP contribution < -0.4 is 15.8 Å². The Balaban J connectivity index is 1.89. The second-order valence-electron chi connectivity index (χ2n) is 4.98. The predicted molar refractivity (Wildman–Crippen MR) is 99.9 cm³/mol. The minimum Gasteiger partial charge on any atom is -0.318 e. The van der Waals surface area contributed by atoms with E-state index in [2.05, 4.69) is 25.8 Å². The normalized spacial score (nSPS) is 16.9. The molecule has 1 unspecified atom stereocenters. The largest absolute Gasteiger partial charge is 0.318 e. The van der Waals surface area contributed by atoms with Crippen molar-refractivity contribution in [2.45, 2.75) is 19.6 Å². The van der Waals surface area contributed by atoms with Crippen LogP contribution in [0.5, 0.6) is 0 Å². The molecule has 1 aliphatic rings. The fraction of sp³-hybridized carbons (Fsp3) is 0.188. The van der Waals surface area contributed by atoms with Crippen molar-refractivity contribution < 1.29 is 0 Å². The second-order valence-corrected chi connectivity index (χ2v) is 5.80. The quantitative estimate of drug-likeness (QED) is 0.790. The summed E-state index contributed by atoms with van der Waals surface area (Å²) in [6.45, 7) is 2.02. The molecule has 1 atom stereocenters. The molecule has 6 nitrogen and oxygen atoms in total. The number of halogens is 2. The van der Waals surface area contributed by atoms with Gasteiger partial charge in [-0.1, -0.05) is 36.2 Å². The van der Waals surface area contributed by atoms with Gasteiger partial charge in [-0.25, -0.2) is 9.98 Å². The van der Waals surface area contributed by atoms with Crippen molar-refractivity contribution in [1.82, 2.24) is 10.4 Å². The number of hydrazine groups is 1. The van der Waals surface area contributed by atoms with Gasteiger partial charge in [0.05, 0.1) is 21.4 Å². The van der Waals surface area contributed by atoms with Crippen LogP contribution >= 0.6 is 23.2 Å². The minimum absolute atomic E-state index is 0.442. The van der Waals surface area contributed by atoms with Crippen LogP contribution in [-0.2, 0) is 0 Å². The van der Waals surface area contributed by atoms with E-state index in [0.717, 1.165) is 11.5 Å². The highest BCUT2D eigenvalue weighted by Crippen LogP contribution is 2.35. The topological polar surface area (TPSA) is 64.9 Å². The summed E-state index contributed by atoms with van der Waals surface area (Å²) in [5.41, 5.74) is 7.81. The van der Waals surface area contributed by atoms with Gasteiger partial charge in [-0.05, 0) is 24.3 Å². The Morgan fingerprint density at radius 3 is 2.50 bits per heavy atom. The summed E-state index contributed by atoms with van der Waals surface area (Å²) in [5, 5.41) is 1.08. The van der Waals surface area contributed by atoms with E-state index < -0.39 is 6.29 Å². The third kappa shape index (κ3) is 3.51. The maximum absolute atomic E-state index is 6.38. The van der Waals surface area contributed by atoms with Crippen LogP contribution in [-0.4, -0.2) is 23.4 Å². The Morgan fingerprint density at radius 1 is 1.12 bits per heavy atom. The Hall–Kier alpha value is -2.15. The number of aliphatic imine (C=N–C) groups is 2. The van der Waals surface area contributed by atoms with E-state index in [0.29, 0.717) is 22.2 Å². The lowest BCUT2D eigenvalue weighted by Crippen LogP contribution is -2.51. The van der Waals surface area contributed by atoms with Crippen molar-refractivity contribution in [3.8, 4) is 0 Å². The molecule has 3 rings (SSSR count). The molecule has 2 aromatic rings. The fourth-order valence-corrected chi connectivity index (χ4v) is 2.93. The molecule has 0 radical (unpaired) electrons. The molecule has 1 aliphatic heterocycles.